The summed E-state index contributed by atoms with van der Waals surface area (Å²) >= 11 is 0. The van der Waals surface area contributed by atoms with E-state index in [0.717, 1.165) is 83.5 Å². The van der Waals surface area contributed by atoms with Gasteiger partial charge in [0.05, 0.1) is 13.2 Å². The normalized spacial score (nSPS) is 13.4. The Balaban J connectivity index is 4.35. The highest BCUT2D eigenvalue weighted by molar-refractivity contribution is 5.87. The molecule has 0 saturated heterocycles. The maximum atomic E-state index is 12.6. The average Bonchev–Trinajstić information content (AvgIpc) is 3.07. The van der Waals surface area contributed by atoms with E-state index < -0.39 is 24.5 Å². The molecule has 0 fully saturated rings. The van der Waals surface area contributed by atoms with E-state index in [9.17, 15) is 19.2 Å². The third-order valence-corrected chi connectivity index (χ3v) is 7.15. The van der Waals surface area contributed by atoms with E-state index in [1.165, 1.54) is 0 Å². The van der Waals surface area contributed by atoms with Crippen LogP contribution in [0, 0.1) is 0 Å². The predicted molar refractivity (Wildman–Crippen MR) is 194 cm³/mol. The molecule has 0 bridgehead atoms. The van der Waals surface area contributed by atoms with Crippen molar-refractivity contribution < 1.29 is 34.1 Å². The van der Waals surface area contributed by atoms with E-state index in [4.69, 9.17) is 14.9 Å². The summed E-state index contributed by atoms with van der Waals surface area (Å²) in [5, 5.41) is 22.4. The van der Waals surface area contributed by atoms with Gasteiger partial charge < -0.3 is 25.6 Å². The summed E-state index contributed by atoms with van der Waals surface area (Å²) in [4.78, 5) is 47.2. The molecule has 2 unspecified atom stereocenters. The van der Waals surface area contributed by atoms with Crippen LogP contribution in [0.3, 0.4) is 0 Å². The number of hydrogen-bond acceptors (Lipinski definition) is 6. The number of rotatable bonds is 30. The van der Waals surface area contributed by atoms with Gasteiger partial charge in [0.25, 0.3) is 0 Å². The molecule has 9 heteroatoms. The number of esters is 1. The Hall–Kier alpha value is -3.72. The molecule has 2 atom stereocenters. The highest BCUT2D eigenvalue weighted by Gasteiger charge is 2.18. The maximum absolute atomic E-state index is 12.6. The number of unbranched alkanes of at least 4 members (excludes halogenated alkanes) is 6. The standard InChI is InChI=1S/C39H62N2O7/c1-3-5-7-9-11-12-13-14-15-16-17-18-19-21-27-31-38(45)48-34(28-24-20-10-8-6-4-2)29-25-22-23-26-30-36(43)40-32-37(44)41-35(33-42)39(46)47/h5,7-8,10-12,14-15,17-18,24,28,34-35,42H,3-4,6,9,13,16,19-23,25-27,29-33H2,1-2H3,(H,40,43)(H,41,44)(H,46,47)/b7-5-,10-8-,12-11-,15-14-,18-17-,28-24-. The zero-order valence-electron chi connectivity index (χ0n) is 29.5. The smallest absolute Gasteiger partial charge is 0.328 e. The number of aliphatic carboxylic acids is 1. The van der Waals surface area contributed by atoms with Gasteiger partial charge in [0.1, 0.15) is 12.1 Å². The van der Waals surface area contributed by atoms with E-state index in [-0.39, 0.29) is 30.9 Å². The molecular formula is C39H62N2O7. The molecule has 0 aliphatic rings. The van der Waals surface area contributed by atoms with Gasteiger partial charge in [-0.25, -0.2) is 4.79 Å². The zero-order chi connectivity index (χ0) is 35.5. The topological polar surface area (TPSA) is 142 Å². The first-order chi connectivity index (χ1) is 23.3. The Bertz CT molecular complexity index is 1040. The highest BCUT2D eigenvalue weighted by atomic mass is 16.5. The molecule has 48 heavy (non-hydrogen) atoms. The molecule has 0 radical (unpaired) electrons. The minimum atomic E-state index is -1.40. The molecule has 0 aromatic heterocycles. The lowest BCUT2D eigenvalue weighted by Crippen LogP contribution is -2.47. The van der Waals surface area contributed by atoms with Gasteiger partial charge in [0.15, 0.2) is 0 Å². The second-order valence-electron chi connectivity index (χ2n) is 11.6. The van der Waals surface area contributed by atoms with Crippen LogP contribution in [0.2, 0.25) is 0 Å². The van der Waals surface area contributed by atoms with Gasteiger partial charge in [-0.05, 0) is 83.1 Å². The van der Waals surface area contributed by atoms with E-state index in [1.807, 2.05) is 12.2 Å². The molecule has 0 aromatic carbocycles. The summed E-state index contributed by atoms with van der Waals surface area (Å²) in [5.41, 5.74) is 0. The van der Waals surface area contributed by atoms with Gasteiger partial charge in [-0.3, -0.25) is 14.4 Å². The van der Waals surface area contributed by atoms with Gasteiger partial charge in [0.2, 0.25) is 11.8 Å². The lowest BCUT2D eigenvalue weighted by Gasteiger charge is -2.14. The van der Waals surface area contributed by atoms with E-state index in [0.29, 0.717) is 19.3 Å². The van der Waals surface area contributed by atoms with Crippen LogP contribution >= 0.6 is 0 Å². The van der Waals surface area contributed by atoms with Crippen LogP contribution < -0.4 is 10.6 Å². The van der Waals surface area contributed by atoms with Gasteiger partial charge in [-0.1, -0.05) is 99.9 Å². The van der Waals surface area contributed by atoms with Crippen molar-refractivity contribution in [3.63, 3.8) is 0 Å². The quantitative estimate of drug-likeness (QED) is 0.0351. The summed E-state index contributed by atoms with van der Waals surface area (Å²) in [6.45, 7) is 3.20. The van der Waals surface area contributed by atoms with Gasteiger partial charge in [-0.2, -0.15) is 0 Å². The molecule has 4 N–H and O–H groups in total. The lowest BCUT2D eigenvalue weighted by molar-refractivity contribution is -0.147. The van der Waals surface area contributed by atoms with Crippen LogP contribution in [0.25, 0.3) is 0 Å². The summed E-state index contributed by atoms with van der Waals surface area (Å²) in [6.07, 6.45) is 39.6. The van der Waals surface area contributed by atoms with Crippen molar-refractivity contribution in [2.45, 2.75) is 135 Å². The molecule has 9 nitrogen and oxygen atoms in total. The fourth-order valence-corrected chi connectivity index (χ4v) is 4.42. The molecule has 0 aromatic rings. The summed E-state index contributed by atoms with van der Waals surface area (Å²) in [7, 11) is 0. The van der Waals surface area contributed by atoms with Crippen LogP contribution in [-0.2, 0) is 23.9 Å². The third kappa shape index (κ3) is 29.7. The molecule has 2 amide bonds. The number of carboxylic acid groups (broad SMARTS) is 1. The fraction of sp³-hybridized carbons (Fsp3) is 0.590. The molecule has 0 aliphatic carbocycles. The molecular weight excluding hydrogens is 608 g/mol. The summed E-state index contributed by atoms with van der Waals surface area (Å²) in [5.74, 6) is -2.49. The highest BCUT2D eigenvalue weighted by Crippen LogP contribution is 2.13. The summed E-state index contributed by atoms with van der Waals surface area (Å²) in [6, 6.07) is -1.40. The molecule has 0 rings (SSSR count). The molecule has 0 spiro atoms. The zero-order valence-corrected chi connectivity index (χ0v) is 29.5. The minimum absolute atomic E-state index is 0.175. The van der Waals surface area contributed by atoms with Gasteiger partial charge >= 0.3 is 11.9 Å². The Kier molecular flexibility index (Phi) is 30.6. The van der Waals surface area contributed by atoms with Crippen molar-refractivity contribution >= 4 is 23.8 Å². The lowest BCUT2D eigenvalue weighted by atomic mass is 10.1. The Labute approximate surface area is 289 Å². The Morgan fingerprint density at radius 2 is 1.25 bits per heavy atom. The van der Waals surface area contributed by atoms with Crippen molar-refractivity contribution in [3.8, 4) is 0 Å². The third-order valence-electron chi connectivity index (χ3n) is 7.15. The molecule has 0 heterocycles. The second-order valence-corrected chi connectivity index (χ2v) is 11.6. The van der Waals surface area contributed by atoms with E-state index in [2.05, 4.69) is 85.2 Å². The monoisotopic (exact) mass is 670 g/mol. The number of aliphatic hydroxyl groups is 1. The van der Waals surface area contributed by atoms with Crippen molar-refractivity contribution in [1.29, 1.82) is 0 Å². The van der Waals surface area contributed by atoms with E-state index >= 15 is 0 Å². The van der Waals surface area contributed by atoms with Crippen molar-refractivity contribution in [2.75, 3.05) is 13.2 Å². The van der Waals surface area contributed by atoms with Crippen molar-refractivity contribution in [3.05, 3.63) is 72.9 Å². The van der Waals surface area contributed by atoms with Crippen molar-refractivity contribution in [2.24, 2.45) is 0 Å². The van der Waals surface area contributed by atoms with Crippen LogP contribution in [0.4, 0.5) is 0 Å². The SMILES string of the molecule is CC/C=C\C/C=C\C/C=C\C/C=C\CCCCC(=O)OC(/C=C\C/C=C\CCC)CCCCCCC(=O)NCC(=O)NC(CO)C(=O)O. The first-order valence-corrected chi connectivity index (χ1v) is 17.8. The molecule has 0 aliphatic heterocycles. The second kappa shape index (κ2) is 33.2. The number of carbonyl (C=O) groups excluding carboxylic acids is 3. The first kappa shape index (κ1) is 44.3. The van der Waals surface area contributed by atoms with Gasteiger partial charge in [-0.15, -0.1) is 0 Å². The number of aliphatic hydroxyl groups excluding tert-OH is 1. The number of hydrogen-bond donors (Lipinski definition) is 4. The van der Waals surface area contributed by atoms with Crippen LogP contribution in [0.15, 0.2) is 72.9 Å². The first-order valence-electron chi connectivity index (χ1n) is 17.8. The van der Waals surface area contributed by atoms with Crippen molar-refractivity contribution in [1.82, 2.24) is 10.6 Å². The number of carbonyl (C=O) groups is 4. The molecule has 0 saturated carbocycles. The number of amides is 2. The number of nitrogens with one attached hydrogen (secondary N) is 2. The van der Waals surface area contributed by atoms with Crippen LogP contribution in [0.1, 0.15) is 123 Å². The fourth-order valence-electron chi connectivity index (χ4n) is 4.42. The van der Waals surface area contributed by atoms with Gasteiger partial charge in [0, 0.05) is 12.8 Å². The predicted octanol–water partition coefficient (Wildman–Crippen LogP) is 7.58. The van der Waals surface area contributed by atoms with Crippen LogP contribution in [-0.4, -0.2) is 59.3 Å². The number of carboxylic acids is 1. The van der Waals surface area contributed by atoms with E-state index in [1.54, 1.807) is 0 Å². The Morgan fingerprint density at radius 1 is 0.667 bits per heavy atom. The number of allylic oxidation sites excluding steroid dienone is 11. The Morgan fingerprint density at radius 3 is 1.88 bits per heavy atom. The average molecular weight is 671 g/mol. The maximum Gasteiger partial charge on any atom is 0.328 e. The number of ether oxygens (including phenoxy) is 1. The molecule has 270 valence electrons. The largest absolute Gasteiger partial charge is 0.480 e. The summed E-state index contributed by atoms with van der Waals surface area (Å²) < 4.78 is 5.81. The van der Waals surface area contributed by atoms with Crippen LogP contribution in [0.5, 0.6) is 0 Å². The minimum Gasteiger partial charge on any atom is -0.480 e.